The topological polar surface area (TPSA) is 33.2 Å². The van der Waals surface area contributed by atoms with E-state index in [-0.39, 0.29) is 11.3 Å². The second-order valence-corrected chi connectivity index (χ2v) is 7.27. The molecule has 0 saturated heterocycles. The zero-order chi connectivity index (χ0) is 18.0. The van der Waals surface area contributed by atoms with Gasteiger partial charge in [0, 0.05) is 17.5 Å². The van der Waals surface area contributed by atoms with Gasteiger partial charge in [-0.3, -0.25) is 14.7 Å². The van der Waals surface area contributed by atoms with Gasteiger partial charge in [0.05, 0.1) is 17.4 Å². The number of anilines is 2. The minimum atomic E-state index is 0.0561. The van der Waals surface area contributed by atoms with E-state index in [2.05, 4.69) is 37.9 Å². The fraction of sp³-hybridized carbons (Fsp3) is 0.273. The van der Waals surface area contributed by atoms with Gasteiger partial charge in [0.25, 0.3) is 0 Å². The molecule has 0 fully saturated rings. The van der Waals surface area contributed by atoms with Crippen molar-refractivity contribution in [3.05, 3.63) is 66.4 Å². The first-order valence-electron chi connectivity index (χ1n) is 8.68. The molecule has 3 nitrogen and oxygen atoms in total. The molecule has 0 radical (unpaired) electrons. The van der Waals surface area contributed by atoms with Crippen LogP contribution >= 0.6 is 0 Å². The summed E-state index contributed by atoms with van der Waals surface area (Å²) in [5.74, 6) is 0.0561. The number of hydrogen-bond acceptors (Lipinski definition) is 2. The molecule has 0 aliphatic heterocycles. The van der Waals surface area contributed by atoms with Gasteiger partial charge in [0.15, 0.2) is 0 Å². The van der Waals surface area contributed by atoms with Gasteiger partial charge in [0.2, 0.25) is 5.91 Å². The lowest BCUT2D eigenvalue weighted by atomic mass is 9.87. The van der Waals surface area contributed by atoms with Crippen LogP contribution in [0.25, 0.3) is 10.9 Å². The standard InChI is InChI=1S/C22H24N2O/c1-5-21(25)24(18-12-10-17(11-13-18)22(2,3)4)19-14-16-8-6-7-9-20(16)23-15-19/h6-15H,5H2,1-4H3. The number of amides is 1. The van der Waals surface area contributed by atoms with Crippen molar-refractivity contribution < 1.29 is 4.79 Å². The summed E-state index contributed by atoms with van der Waals surface area (Å²) in [4.78, 5) is 18.9. The van der Waals surface area contributed by atoms with E-state index in [1.165, 1.54) is 5.56 Å². The molecular weight excluding hydrogens is 308 g/mol. The van der Waals surface area contributed by atoms with Crippen LogP contribution in [0.3, 0.4) is 0 Å². The highest BCUT2D eigenvalue weighted by molar-refractivity contribution is 6.01. The van der Waals surface area contributed by atoms with Crippen molar-refractivity contribution in [2.75, 3.05) is 4.90 Å². The van der Waals surface area contributed by atoms with Crippen molar-refractivity contribution in [2.45, 2.75) is 39.5 Å². The van der Waals surface area contributed by atoms with E-state index in [0.29, 0.717) is 6.42 Å². The number of aromatic nitrogens is 1. The number of nitrogens with zero attached hydrogens (tertiary/aromatic N) is 2. The highest BCUT2D eigenvalue weighted by atomic mass is 16.2. The minimum Gasteiger partial charge on any atom is -0.280 e. The van der Waals surface area contributed by atoms with Crippen LogP contribution in [0.4, 0.5) is 11.4 Å². The van der Waals surface area contributed by atoms with Crippen molar-refractivity contribution in [1.29, 1.82) is 0 Å². The van der Waals surface area contributed by atoms with E-state index in [1.807, 2.05) is 49.4 Å². The van der Waals surface area contributed by atoms with Crippen molar-refractivity contribution in [3.8, 4) is 0 Å². The second-order valence-electron chi connectivity index (χ2n) is 7.27. The third-order valence-corrected chi connectivity index (χ3v) is 4.38. The lowest BCUT2D eigenvalue weighted by Gasteiger charge is -2.24. The van der Waals surface area contributed by atoms with Crippen molar-refractivity contribution in [1.82, 2.24) is 4.98 Å². The number of carbonyl (C=O) groups excluding carboxylic acids is 1. The quantitative estimate of drug-likeness (QED) is 0.625. The monoisotopic (exact) mass is 332 g/mol. The normalized spacial score (nSPS) is 11.5. The average Bonchev–Trinajstić information content (AvgIpc) is 2.61. The first kappa shape index (κ1) is 17.2. The van der Waals surface area contributed by atoms with Gasteiger partial charge in [-0.15, -0.1) is 0 Å². The maximum absolute atomic E-state index is 12.6. The Bertz CT molecular complexity index is 892. The first-order valence-corrected chi connectivity index (χ1v) is 8.68. The fourth-order valence-corrected chi connectivity index (χ4v) is 2.89. The SMILES string of the molecule is CCC(=O)N(c1ccc(C(C)(C)C)cc1)c1cnc2ccccc2c1. The Morgan fingerprint density at radius 2 is 1.68 bits per heavy atom. The molecule has 2 aromatic carbocycles. The molecule has 0 N–H and O–H groups in total. The molecule has 0 aliphatic rings. The van der Waals surface area contributed by atoms with E-state index in [1.54, 1.807) is 11.1 Å². The average molecular weight is 332 g/mol. The molecule has 0 unspecified atom stereocenters. The van der Waals surface area contributed by atoms with Crippen LogP contribution in [-0.4, -0.2) is 10.9 Å². The number of para-hydroxylation sites is 1. The molecule has 0 bridgehead atoms. The summed E-state index contributed by atoms with van der Waals surface area (Å²) in [5.41, 5.74) is 3.93. The Labute approximate surface area is 149 Å². The van der Waals surface area contributed by atoms with Gasteiger partial charge in [-0.2, -0.15) is 0 Å². The lowest BCUT2D eigenvalue weighted by Crippen LogP contribution is -2.25. The lowest BCUT2D eigenvalue weighted by molar-refractivity contribution is -0.117. The van der Waals surface area contributed by atoms with Crippen LogP contribution in [0.1, 0.15) is 39.7 Å². The van der Waals surface area contributed by atoms with Crippen LogP contribution in [0, 0.1) is 0 Å². The number of benzene rings is 2. The molecule has 0 atom stereocenters. The Kier molecular flexibility index (Phi) is 4.58. The van der Waals surface area contributed by atoms with Gasteiger partial charge < -0.3 is 0 Å². The second kappa shape index (κ2) is 6.67. The Morgan fingerprint density at radius 3 is 2.32 bits per heavy atom. The van der Waals surface area contributed by atoms with Gasteiger partial charge in [-0.05, 0) is 35.2 Å². The molecule has 1 heterocycles. The maximum atomic E-state index is 12.6. The number of pyridine rings is 1. The molecular formula is C22H24N2O. The summed E-state index contributed by atoms with van der Waals surface area (Å²) in [6, 6.07) is 18.2. The number of fused-ring (bicyclic) bond motifs is 1. The summed E-state index contributed by atoms with van der Waals surface area (Å²) < 4.78 is 0. The number of hydrogen-bond donors (Lipinski definition) is 0. The molecule has 25 heavy (non-hydrogen) atoms. The minimum absolute atomic E-state index is 0.0561. The van der Waals surface area contributed by atoms with Gasteiger partial charge in [-0.1, -0.05) is 58.0 Å². The molecule has 3 rings (SSSR count). The highest BCUT2D eigenvalue weighted by Crippen LogP contribution is 2.30. The Balaban J connectivity index is 2.06. The van der Waals surface area contributed by atoms with Crippen molar-refractivity contribution in [2.24, 2.45) is 0 Å². The molecule has 1 amide bonds. The zero-order valence-corrected chi connectivity index (χ0v) is 15.3. The van der Waals surface area contributed by atoms with E-state index >= 15 is 0 Å². The van der Waals surface area contributed by atoms with E-state index in [4.69, 9.17) is 0 Å². The summed E-state index contributed by atoms with van der Waals surface area (Å²) in [5, 5.41) is 1.03. The van der Waals surface area contributed by atoms with E-state index in [9.17, 15) is 4.79 Å². The Hall–Kier alpha value is -2.68. The smallest absolute Gasteiger partial charge is 0.231 e. The molecule has 128 valence electrons. The van der Waals surface area contributed by atoms with Gasteiger partial charge in [0.1, 0.15) is 0 Å². The van der Waals surface area contributed by atoms with Crippen LogP contribution in [0.5, 0.6) is 0 Å². The maximum Gasteiger partial charge on any atom is 0.231 e. The van der Waals surface area contributed by atoms with Crippen LogP contribution in [-0.2, 0) is 10.2 Å². The van der Waals surface area contributed by atoms with Gasteiger partial charge >= 0.3 is 0 Å². The summed E-state index contributed by atoms with van der Waals surface area (Å²) in [7, 11) is 0. The van der Waals surface area contributed by atoms with Crippen molar-refractivity contribution in [3.63, 3.8) is 0 Å². The zero-order valence-electron chi connectivity index (χ0n) is 15.3. The first-order chi connectivity index (χ1) is 11.9. The van der Waals surface area contributed by atoms with Crippen LogP contribution < -0.4 is 4.90 Å². The molecule has 0 aliphatic carbocycles. The fourth-order valence-electron chi connectivity index (χ4n) is 2.89. The number of rotatable bonds is 3. The summed E-state index contributed by atoms with van der Waals surface area (Å²) >= 11 is 0. The molecule has 3 heteroatoms. The summed E-state index contributed by atoms with van der Waals surface area (Å²) in [6.45, 7) is 8.44. The number of carbonyl (C=O) groups is 1. The predicted octanol–water partition coefficient (Wildman–Crippen LogP) is 5.61. The van der Waals surface area contributed by atoms with Crippen molar-refractivity contribution >= 4 is 28.2 Å². The van der Waals surface area contributed by atoms with Gasteiger partial charge in [-0.25, -0.2) is 0 Å². The van der Waals surface area contributed by atoms with E-state index < -0.39 is 0 Å². The molecule has 3 aromatic rings. The van der Waals surface area contributed by atoms with Crippen LogP contribution in [0.2, 0.25) is 0 Å². The van der Waals surface area contributed by atoms with Crippen LogP contribution in [0.15, 0.2) is 60.8 Å². The largest absolute Gasteiger partial charge is 0.280 e. The molecule has 1 aromatic heterocycles. The Morgan fingerprint density at radius 1 is 1.00 bits per heavy atom. The highest BCUT2D eigenvalue weighted by Gasteiger charge is 2.19. The molecule has 0 spiro atoms. The molecule has 0 saturated carbocycles. The third-order valence-electron chi connectivity index (χ3n) is 4.38. The third kappa shape index (κ3) is 3.55. The predicted molar refractivity (Wildman–Crippen MR) is 104 cm³/mol. The van der Waals surface area contributed by atoms with E-state index in [0.717, 1.165) is 22.3 Å². The summed E-state index contributed by atoms with van der Waals surface area (Å²) in [6.07, 6.45) is 2.21.